The van der Waals surface area contributed by atoms with Crippen molar-refractivity contribution >= 4 is 40.6 Å². The average Bonchev–Trinajstić information content (AvgIpc) is 3.00. The lowest BCUT2D eigenvalue weighted by Crippen LogP contribution is -2.34. The minimum atomic E-state index is -0.297. The number of carbonyl (C=O) groups excluding carboxylic acids is 1. The molecule has 248 valence electrons. The Bertz CT molecular complexity index is 1560. The number of allylic oxidation sites excluding steroid dienone is 1. The fourth-order valence-corrected chi connectivity index (χ4v) is 5.20. The molecule has 11 heteroatoms. The number of rotatable bonds is 13. The molecule has 0 aromatic heterocycles. The van der Waals surface area contributed by atoms with Gasteiger partial charge in [-0.15, -0.1) is 0 Å². The fourth-order valence-electron chi connectivity index (χ4n) is 4.83. The highest BCUT2D eigenvalue weighted by Gasteiger charge is 2.22. The van der Waals surface area contributed by atoms with Gasteiger partial charge in [0.25, 0.3) is 5.91 Å². The molecule has 3 aromatic carbocycles. The molecule has 0 aliphatic rings. The Labute approximate surface area is 278 Å². The first kappa shape index (κ1) is 36.3. The summed E-state index contributed by atoms with van der Waals surface area (Å²) in [5.41, 5.74) is 13.8. The van der Waals surface area contributed by atoms with E-state index in [4.69, 9.17) is 22.2 Å². The van der Waals surface area contributed by atoms with Crippen molar-refractivity contribution in [3.05, 3.63) is 101 Å². The van der Waals surface area contributed by atoms with E-state index in [1.807, 2.05) is 82.7 Å². The summed E-state index contributed by atoms with van der Waals surface area (Å²) in [5.74, 6) is 13.4. The Hall–Kier alpha value is -4.16. The summed E-state index contributed by atoms with van der Waals surface area (Å²) in [5, 5.41) is 6.17. The first-order valence-corrected chi connectivity index (χ1v) is 16.3. The second-order valence-electron chi connectivity index (χ2n) is 12.4. The summed E-state index contributed by atoms with van der Waals surface area (Å²) in [6.07, 6.45) is 4.27. The molecule has 0 aliphatic heterocycles. The van der Waals surface area contributed by atoms with Gasteiger partial charge in [0, 0.05) is 36.7 Å². The Balaban J connectivity index is 1.97. The number of anilines is 4. The van der Waals surface area contributed by atoms with E-state index in [1.165, 1.54) is 17.0 Å². The molecule has 3 rings (SSSR count). The van der Waals surface area contributed by atoms with E-state index in [-0.39, 0.29) is 11.3 Å². The average molecular weight is 647 g/mol. The fraction of sp³-hybridized carbons (Fsp3) is 0.343. The molecule has 3 aromatic rings. The van der Waals surface area contributed by atoms with Crippen LogP contribution in [-0.4, -0.2) is 44.8 Å². The predicted octanol–water partition coefficient (Wildman–Crippen LogP) is 6.33. The predicted molar refractivity (Wildman–Crippen MR) is 196 cm³/mol. The molecular weight excluding hydrogens is 597 g/mol. The van der Waals surface area contributed by atoms with Crippen molar-refractivity contribution < 1.29 is 9.53 Å². The third kappa shape index (κ3) is 9.20. The van der Waals surface area contributed by atoms with Crippen LogP contribution in [0.25, 0.3) is 0 Å². The largest absolute Gasteiger partial charge is 0.492 e. The van der Waals surface area contributed by atoms with Crippen LogP contribution in [0.15, 0.2) is 83.8 Å². The summed E-state index contributed by atoms with van der Waals surface area (Å²) in [4.78, 5) is 15.7. The van der Waals surface area contributed by atoms with Crippen LogP contribution < -0.4 is 42.2 Å². The molecule has 0 fully saturated rings. The number of hydrazine groups is 2. The van der Waals surface area contributed by atoms with Crippen LogP contribution in [0.2, 0.25) is 0 Å². The van der Waals surface area contributed by atoms with Gasteiger partial charge in [0.15, 0.2) is 5.75 Å². The van der Waals surface area contributed by atoms with Crippen LogP contribution in [0, 0.1) is 6.92 Å². The number of ether oxygens (including phenoxy) is 1. The van der Waals surface area contributed by atoms with E-state index >= 15 is 0 Å². The maximum Gasteiger partial charge on any atom is 0.255 e. The second kappa shape index (κ2) is 15.9. The van der Waals surface area contributed by atoms with Crippen LogP contribution >= 0.6 is 11.9 Å². The standard InChI is InChI=1S/C35H50N8O2S/c1-23-15-16-25(34(44)39-29-20-26(35(3,4)5)21-30(40-46-9)33(29)45-8)19-32(23)42(37)22-28(36)24(2)31(17-18-41(6)7)43(38)27-13-11-10-12-14-27/h10-16,19-22,40H,17-18,36-38H2,1-9H3,(H,39,44)/b28-22-,31-24+. The maximum absolute atomic E-state index is 13.6. The van der Waals surface area contributed by atoms with Crippen LogP contribution in [0.4, 0.5) is 22.7 Å². The van der Waals surface area contributed by atoms with Gasteiger partial charge in [-0.1, -0.05) is 57.0 Å². The van der Waals surface area contributed by atoms with E-state index in [1.54, 1.807) is 30.5 Å². The number of amides is 1. The van der Waals surface area contributed by atoms with Crippen molar-refractivity contribution in [3.8, 4) is 5.75 Å². The zero-order valence-corrected chi connectivity index (χ0v) is 29.4. The SMILES string of the molecule is COc1c(NSC)cc(C(C)(C)C)cc1NC(=O)c1ccc(C)c(N(N)/C=C(N)/C(C)=C(\CCN(C)C)N(N)c2ccccc2)c1. The molecule has 0 saturated heterocycles. The molecule has 0 saturated carbocycles. The van der Waals surface area contributed by atoms with Crippen LogP contribution in [0.1, 0.15) is 55.6 Å². The molecule has 0 atom stereocenters. The Morgan fingerprint density at radius 1 is 1.02 bits per heavy atom. The van der Waals surface area contributed by atoms with Gasteiger partial charge in [0.05, 0.1) is 35.6 Å². The van der Waals surface area contributed by atoms with E-state index in [0.29, 0.717) is 34.8 Å². The lowest BCUT2D eigenvalue weighted by atomic mass is 9.86. The number of carbonyl (C=O) groups is 1. The number of nitrogens with one attached hydrogen (secondary N) is 2. The Morgan fingerprint density at radius 3 is 2.26 bits per heavy atom. The van der Waals surface area contributed by atoms with Crippen molar-refractivity contribution in [2.24, 2.45) is 17.4 Å². The number of benzene rings is 3. The number of hydrogen-bond acceptors (Lipinski definition) is 10. The van der Waals surface area contributed by atoms with Crippen molar-refractivity contribution in [1.82, 2.24) is 4.90 Å². The van der Waals surface area contributed by atoms with Gasteiger partial charge in [0.1, 0.15) is 0 Å². The molecule has 8 N–H and O–H groups in total. The number of hydrogen-bond donors (Lipinski definition) is 5. The van der Waals surface area contributed by atoms with Crippen molar-refractivity contribution in [2.45, 2.75) is 46.5 Å². The summed E-state index contributed by atoms with van der Waals surface area (Å²) in [6, 6.07) is 19.1. The van der Waals surface area contributed by atoms with Crippen molar-refractivity contribution in [1.29, 1.82) is 0 Å². The molecule has 0 spiro atoms. The number of nitrogens with zero attached hydrogens (tertiary/aromatic N) is 3. The maximum atomic E-state index is 13.6. The van der Waals surface area contributed by atoms with Crippen LogP contribution in [-0.2, 0) is 5.41 Å². The molecular formula is C35H50N8O2S. The molecule has 0 radical (unpaired) electrons. The molecule has 0 bridgehead atoms. The molecule has 10 nitrogen and oxygen atoms in total. The highest BCUT2D eigenvalue weighted by atomic mass is 32.2. The summed E-state index contributed by atoms with van der Waals surface area (Å²) >= 11 is 1.45. The van der Waals surface area contributed by atoms with Gasteiger partial charge in [-0.2, -0.15) is 0 Å². The van der Waals surface area contributed by atoms with Gasteiger partial charge in [0.2, 0.25) is 0 Å². The third-order valence-electron chi connectivity index (χ3n) is 7.63. The zero-order valence-electron chi connectivity index (χ0n) is 28.6. The lowest BCUT2D eigenvalue weighted by molar-refractivity contribution is 0.102. The van der Waals surface area contributed by atoms with Crippen molar-refractivity contribution in [2.75, 3.05) is 54.1 Å². The van der Waals surface area contributed by atoms with Crippen molar-refractivity contribution in [3.63, 3.8) is 0 Å². The first-order chi connectivity index (χ1) is 21.7. The number of para-hydroxylation sites is 1. The third-order valence-corrected chi connectivity index (χ3v) is 8.06. The summed E-state index contributed by atoms with van der Waals surface area (Å²) in [7, 11) is 5.62. The number of nitrogens with two attached hydrogens (primary N) is 3. The summed E-state index contributed by atoms with van der Waals surface area (Å²) < 4.78 is 8.99. The minimum absolute atomic E-state index is 0.148. The van der Waals surface area contributed by atoms with Gasteiger partial charge >= 0.3 is 0 Å². The van der Waals surface area contributed by atoms with E-state index in [2.05, 4.69) is 35.7 Å². The van der Waals surface area contributed by atoms with Gasteiger partial charge in [-0.25, -0.2) is 11.7 Å². The van der Waals surface area contributed by atoms with Crippen LogP contribution in [0.3, 0.4) is 0 Å². The smallest absolute Gasteiger partial charge is 0.255 e. The number of methoxy groups -OCH3 is 1. The van der Waals surface area contributed by atoms with Crippen LogP contribution in [0.5, 0.6) is 5.75 Å². The Morgan fingerprint density at radius 2 is 1.67 bits per heavy atom. The molecule has 1 amide bonds. The quantitative estimate of drug-likeness (QED) is 0.0620. The number of aryl methyl sites for hydroxylation is 1. The topological polar surface area (TPSA) is 138 Å². The summed E-state index contributed by atoms with van der Waals surface area (Å²) in [6.45, 7) is 11.0. The first-order valence-electron chi connectivity index (χ1n) is 15.1. The highest BCUT2D eigenvalue weighted by Crippen LogP contribution is 2.40. The zero-order chi connectivity index (χ0) is 34.2. The molecule has 0 unspecified atom stereocenters. The monoisotopic (exact) mass is 646 g/mol. The normalized spacial score (nSPS) is 12.5. The van der Waals surface area contributed by atoms with Gasteiger partial charge in [-0.3, -0.25) is 14.8 Å². The molecule has 0 heterocycles. The van der Waals surface area contributed by atoms with E-state index < -0.39 is 0 Å². The van der Waals surface area contributed by atoms with Gasteiger partial charge < -0.3 is 25.4 Å². The lowest BCUT2D eigenvalue weighted by Gasteiger charge is -2.26. The Kier molecular flexibility index (Phi) is 12.6. The van der Waals surface area contributed by atoms with E-state index in [0.717, 1.165) is 40.3 Å². The highest BCUT2D eigenvalue weighted by molar-refractivity contribution is 7.99. The molecule has 46 heavy (non-hydrogen) atoms. The van der Waals surface area contributed by atoms with E-state index in [9.17, 15) is 4.79 Å². The second-order valence-corrected chi connectivity index (χ2v) is 13.1. The minimum Gasteiger partial charge on any atom is -0.492 e. The van der Waals surface area contributed by atoms with Gasteiger partial charge in [-0.05, 0) is 86.5 Å². The molecule has 0 aliphatic carbocycles.